The third-order valence-electron chi connectivity index (χ3n) is 6.13. The summed E-state index contributed by atoms with van der Waals surface area (Å²) in [6, 6.07) is 10.1. The minimum atomic E-state index is -0.639. The van der Waals surface area contributed by atoms with Crippen LogP contribution < -0.4 is 33.2 Å². The molecule has 2 heterocycles. The van der Waals surface area contributed by atoms with Gasteiger partial charge in [0.2, 0.25) is 25.1 Å². The van der Waals surface area contributed by atoms with E-state index in [0.717, 1.165) is 0 Å². The van der Waals surface area contributed by atoms with Crippen LogP contribution in [0.2, 0.25) is 0 Å². The summed E-state index contributed by atoms with van der Waals surface area (Å²) in [4.78, 5) is 26.1. The zero-order valence-electron chi connectivity index (χ0n) is 21.1. The van der Waals surface area contributed by atoms with Crippen LogP contribution in [0.4, 0.5) is 0 Å². The number of hydrogen-bond donors (Lipinski definition) is 0. The van der Waals surface area contributed by atoms with Gasteiger partial charge in [-0.1, -0.05) is 18.2 Å². The fourth-order valence-corrected chi connectivity index (χ4v) is 4.41. The molecule has 0 spiro atoms. The van der Waals surface area contributed by atoms with Gasteiger partial charge in [-0.3, -0.25) is 4.79 Å². The van der Waals surface area contributed by atoms with Crippen LogP contribution >= 0.6 is 0 Å². The number of fused-ring (bicyclic) bond motifs is 2. The maximum absolute atomic E-state index is 13.1. The van der Waals surface area contributed by atoms with Crippen LogP contribution in [0.25, 0.3) is 17.2 Å². The topological polar surface area (TPSA) is 108 Å². The van der Waals surface area contributed by atoms with Crippen LogP contribution in [-0.4, -0.2) is 53.8 Å². The van der Waals surface area contributed by atoms with Gasteiger partial charge >= 0.3 is 5.97 Å². The van der Waals surface area contributed by atoms with Crippen molar-refractivity contribution >= 4 is 17.8 Å². The minimum Gasteiger partial charge on any atom is -0.496 e. The molecule has 0 amide bonds. The van der Waals surface area contributed by atoms with Gasteiger partial charge in [0.15, 0.2) is 28.8 Å². The summed E-state index contributed by atoms with van der Waals surface area (Å²) in [6.07, 6.45) is 3.00. The molecule has 0 saturated carbocycles. The first-order valence-electron chi connectivity index (χ1n) is 11.5. The highest BCUT2D eigenvalue weighted by Gasteiger charge is 2.35. The highest BCUT2D eigenvalue weighted by molar-refractivity contribution is 6.10. The van der Waals surface area contributed by atoms with Crippen LogP contribution in [0.3, 0.4) is 0 Å². The number of ketones is 1. The third-order valence-corrected chi connectivity index (χ3v) is 6.13. The van der Waals surface area contributed by atoms with Gasteiger partial charge in [0.25, 0.3) is 0 Å². The second-order valence-electron chi connectivity index (χ2n) is 8.06. The molecule has 0 atom stereocenters. The standard InChI is InChI=1S/C28H24O10/c1-31-19-8-6-5-7-16(19)18(29)10-9-15-11-20(32-2)24-26(37-13-35-24)22(15)23-17(28(30)34-4)12-21(33-3)25-27(23)38-14-36-25/h5-12H,13-14H2,1-4H3/b10-9+. The van der Waals surface area contributed by atoms with Crippen molar-refractivity contribution in [3.63, 3.8) is 0 Å². The van der Waals surface area contributed by atoms with Crippen LogP contribution in [0.5, 0.6) is 40.2 Å². The average Bonchev–Trinajstić information content (AvgIpc) is 3.65. The number of benzene rings is 3. The number of para-hydroxylation sites is 1. The molecule has 3 aromatic carbocycles. The fraction of sp³-hybridized carbons (Fsp3) is 0.214. The SMILES string of the molecule is COC(=O)c1cc(OC)c2c(c1-c1c(/C=C/C(=O)c3ccccc3OC)cc(OC)c3c1OCO3)OCO2. The molecule has 0 radical (unpaired) electrons. The van der Waals surface area contributed by atoms with E-state index in [1.807, 2.05) is 0 Å². The lowest BCUT2D eigenvalue weighted by atomic mass is 9.91. The number of carbonyl (C=O) groups is 2. The lowest BCUT2D eigenvalue weighted by Crippen LogP contribution is -2.07. The van der Waals surface area contributed by atoms with Gasteiger partial charge < -0.3 is 37.9 Å². The monoisotopic (exact) mass is 520 g/mol. The van der Waals surface area contributed by atoms with E-state index in [9.17, 15) is 9.59 Å². The van der Waals surface area contributed by atoms with Gasteiger partial charge in [-0.2, -0.15) is 0 Å². The van der Waals surface area contributed by atoms with Crippen LogP contribution in [0.15, 0.2) is 42.5 Å². The molecule has 10 heteroatoms. The average molecular weight is 520 g/mol. The summed E-state index contributed by atoms with van der Waals surface area (Å²) < 4.78 is 44.4. The zero-order chi connectivity index (χ0) is 26.8. The maximum Gasteiger partial charge on any atom is 0.338 e. The van der Waals surface area contributed by atoms with Crippen molar-refractivity contribution in [2.24, 2.45) is 0 Å². The van der Waals surface area contributed by atoms with Crippen molar-refractivity contribution in [3.8, 4) is 51.4 Å². The number of ether oxygens (including phenoxy) is 8. The highest BCUT2D eigenvalue weighted by atomic mass is 16.7. The molecule has 2 aliphatic rings. The van der Waals surface area contributed by atoms with Crippen LogP contribution in [0, 0.1) is 0 Å². The van der Waals surface area contributed by atoms with Gasteiger partial charge in [-0.25, -0.2) is 4.79 Å². The summed E-state index contributed by atoms with van der Waals surface area (Å²) in [5, 5.41) is 0. The Kier molecular flexibility index (Phi) is 6.69. The van der Waals surface area contributed by atoms with Gasteiger partial charge in [0.1, 0.15) is 5.75 Å². The fourth-order valence-electron chi connectivity index (χ4n) is 4.41. The van der Waals surface area contributed by atoms with E-state index >= 15 is 0 Å². The van der Waals surface area contributed by atoms with Crippen molar-refractivity contribution in [1.82, 2.24) is 0 Å². The number of esters is 1. The third kappa shape index (κ3) is 4.09. The predicted octanol–water partition coefficient (Wildman–Crippen LogP) is 4.52. The highest BCUT2D eigenvalue weighted by Crippen LogP contribution is 2.56. The van der Waals surface area contributed by atoms with E-state index in [1.54, 1.807) is 36.4 Å². The van der Waals surface area contributed by atoms with Crippen molar-refractivity contribution in [1.29, 1.82) is 0 Å². The molecule has 5 rings (SSSR count). The van der Waals surface area contributed by atoms with E-state index in [2.05, 4.69) is 0 Å². The number of allylic oxidation sites excluding steroid dienone is 1. The number of carbonyl (C=O) groups excluding carboxylic acids is 2. The van der Waals surface area contributed by atoms with E-state index in [4.69, 9.17) is 37.9 Å². The Hall–Kier alpha value is -4.86. The molecule has 3 aromatic rings. The molecule has 0 N–H and O–H groups in total. The molecule has 0 bridgehead atoms. The van der Waals surface area contributed by atoms with Crippen molar-refractivity contribution < 1.29 is 47.5 Å². The van der Waals surface area contributed by atoms with E-state index < -0.39 is 5.97 Å². The lowest BCUT2D eigenvalue weighted by Gasteiger charge is -2.18. The Labute approximate surface area is 218 Å². The summed E-state index contributed by atoms with van der Waals surface area (Å²) in [5.41, 5.74) is 1.77. The lowest BCUT2D eigenvalue weighted by molar-refractivity contribution is 0.0600. The molecule has 2 aliphatic heterocycles. The van der Waals surface area contributed by atoms with E-state index in [-0.39, 0.29) is 30.7 Å². The first-order valence-corrected chi connectivity index (χ1v) is 11.5. The van der Waals surface area contributed by atoms with Crippen molar-refractivity contribution in [2.45, 2.75) is 0 Å². The van der Waals surface area contributed by atoms with Crippen LogP contribution in [-0.2, 0) is 4.74 Å². The summed E-state index contributed by atoms with van der Waals surface area (Å²) in [6.45, 7) is -0.161. The van der Waals surface area contributed by atoms with Gasteiger partial charge in [-0.05, 0) is 35.9 Å². The van der Waals surface area contributed by atoms with E-state index in [0.29, 0.717) is 56.8 Å². The van der Waals surface area contributed by atoms with Gasteiger partial charge in [0.05, 0.1) is 39.6 Å². The molecule has 0 aliphatic carbocycles. The first-order chi connectivity index (χ1) is 18.5. The molecular formula is C28H24O10. The second-order valence-corrected chi connectivity index (χ2v) is 8.06. The van der Waals surface area contributed by atoms with Gasteiger partial charge in [-0.15, -0.1) is 0 Å². The summed E-state index contributed by atoms with van der Waals surface area (Å²) in [5.74, 6) is 1.42. The molecule has 0 aromatic heterocycles. The molecule has 0 fully saturated rings. The number of hydrogen-bond acceptors (Lipinski definition) is 10. The minimum absolute atomic E-state index is 0.0741. The van der Waals surface area contributed by atoms with Crippen molar-refractivity contribution in [2.75, 3.05) is 42.0 Å². The van der Waals surface area contributed by atoms with Crippen LogP contribution in [0.1, 0.15) is 26.3 Å². The zero-order valence-corrected chi connectivity index (χ0v) is 21.1. The Morgan fingerprint density at radius 1 is 0.711 bits per heavy atom. The molecule has 0 unspecified atom stereocenters. The van der Waals surface area contributed by atoms with Gasteiger partial charge in [0, 0.05) is 11.1 Å². The molecule has 38 heavy (non-hydrogen) atoms. The quantitative estimate of drug-likeness (QED) is 0.239. The Bertz CT molecular complexity index is 1460. The molecular weight excluding hydrogens is 496 g/mol. The molecule has 10 nitrogen and oxygen atoms in total. The van der Waals surface area contributed by atoms with Crippen molar-refractivity contribution in [3.05, 3.63) is 59.2 Å². The number of rotatable bonds is 8. The second kappa shape index (κ2) is 10.3. The Morgan fingerprint density at radius 2 is 1.29 bits per heavy atom. The van der Waals surface area contributed by atoms with E-state index in [1.165, 1.54) is 40.6 Å². The molecule has 196 valence electrons. The summed E-state index contributed by atoms with van der Waals surface area (Å²) >= 11 is 0. The largest absolute Gasteiger partial charge is 0.496 e. The summed E-state index contributed by atoms with van der Waals surface area (Å²) in [7, 11) is 5.72. The Balaban J connectivity index is 1.76. The normalized spacial score (nSPS) is 12.9. The maximum atomic E-state index is 13.1. The smallest absolute Gasteiger partial charge is 0.338 e. The predicted molar refractivity (Wildman–Crippen MR) is 135 cm³/mol. The first kappa shape index (κ1) is 24.8. The Morgan fingerprint density at radius 3 is 1.92 bits per heavy atom. The molecule has 0 saturated heterocycles. The number of methoxy groups -OCH3 is 4.